The molecule has 4 nitrogen and oxygen atoms in total. The summed E-state index contributed by atoms with van der Waals surface area (Å²) in [6, 6.07) is 5.70. The Morgan fingerprint density at radius 1 is 1.32 bits per heavy atom. The molecule has 4 heteroatoms. The van der Waals surface area contributed by atoms with E-state index in [1.807, 2.05) is 30.0 Å². The van der Waals surface area contributed by atoms with Crippen LogP contribution in [0.1, 0.15) is 15.9 Å². The minimum Gasteiger partial charge on any atom is -0.496 e. The zero-order valence-electron chi connectivity index (χ0n) is 11.5. The van der Waals surface area contributed by atoms with Gasteiger partial charge in [0.05, 0.1) is 7.11 Å². The number of fused-ring (bicyclic) bond motifs is 1. The number of amides is 1. The number of carbonyl (C=O) groups is 1. The van der Waals surface area contributed by atoms with Crippen molar-refractivity contribution in [2.45, 2.75) is 6.92 Å². The number of likely N-dealkylation sites (tertiary alicyclic amines) is 1. The lowest BCUT2D eigenvalue weighted by molar-refractivity contribution is 0.0781. The number of nitrogens with zero attached hydrogens (tertiary/aromatic N) is 1. The lowest BCUT2D eigenvalue weighted by Gasteiger charge is -2.18. The molecular weight excluding hydrogens is 240 g/mol. The predicted molar refractivity (Wildman–Crippen MR) is 73.5 cm³/mol. The number of aryl methyl sites for hydroxylation is 1. The van der Waals surface area contributed by atoms with Gasteiger partial charge in [-0.25, -0.2) is 0 Å². The highest BCUT2D eigenvalue weighted by molar-refractivity contribution is 5.95. The number of nitrogens with one attached hydrogen (secondary N) is 1. The van der Waals surface area contributed by atoms with Crippen LogP contribution >= 0.6 is 0 Å². The fourth-order valence-electron chi connectivity index (χ4n) is 3.16. The minimum atomic E-state index is 0.132. The average molecular weight is 260 g/mol. The summed E-state index contributed by atoms with van der Waals surface area (Å²) in [7, 11) is 1.64. The summed E-state index contributed by atoms with van der Waals surface area (Å²) in [5.41, 5.74) is 1.79. The van der Waals surface area contributed by atoms with Gasteiger partial charge in [-0.15, -0.1) is 0 Å². The normalized spacial score (nSPS) is 25.5. The molecule has 1 N–H and O–H groups in total. The van der Waals surface area contributed by atoms with E-state index in [2.05, 4.69) is 5.32 Å². The van der Waals surface area contributed by atoms with Gasteiger partial charge in [0.25, 0.3) is 5.91 Å². The van der Waals surface area contributed by atoms with E-state index in [1.165, 1.54) is 0 Å². The van der Waals surface area contributed by atoms with Gasteiger partial charge in [0.2, 0.25) is 0 Å². The molecule has 2 fully saturated rings. The van der Waals surface area contributed by atoms with Crippen molar-refractivity contribution in [2.75, 3.05) is 33.3 Å². The number of benzene rings is 1. The molecule has 1 amide bonds. The molecule has 0 aliphatic carbocycles. The molecule has 2 aliphatic heterocycles. The van der Waals surface area contributed by atoms with Gasteiger partial charge in [0.15, 0.2) is 0 Å². The van der Waals surface area contributed by atoms with Crippen molar-refractivity contribution in [3.05, 3.63) is 29.3 Å². The molecule has 1 aromatic carbocycles. The third-order valence-electron chi connectivity index (χ3n) is 4.33. The van der Waals surface area contributed by atoms with E-state index in [9.17, 15) is 4.79 Å². The van der Waals surface area contributed by atoms with Crippen LogP contribution in [-0.2, 0) is 0 Å². The highest BCUT2D eigenvalue weighted by Crippen LogP contribution is 2.28. The standard InChI is InChI=1S/C15H20N2O2/c1-10-3-4-11(5-14(10)19-2)15(18)17-8-12-6-16-7-13(12)9-17/h3-5,12-13,16H,6-9H2,1-2H3. The van der Waals surface area contributed by atoms with Crippen LogP contribution in [0.4, 0.5) is 0 Å². The molecule has 102 valence electrons. The molecule has 2 heterocycles. The number of ether oxygens (including phenoxy) is 1. The summed E-state index contributed by atoms with van der Waals surface area (Å²) in [5, 5.41) is 3.39. The second-order valence-corrected chi connectivity index (χ2v) is 5.57. The van der Waals surface area contributed by atoms with Gasteiger partial charge in [0, 0.05) is 31.7 Å². The summed E-state index contributed by atoms with van der Waals surface area (Å²) in [5.74, 6) is 2.19. The Hall–Kier alpha value is -1.55. The van der Waals surface area contributed by atoms with Gasteiger partial charge in [-0.1, -0.05) is 6.07 Å². The third-order valence-corrected chi connectivity index (χ3v) is 4.33. The Morgan fingerprint density at radius 2 is 2.00 bits per heavy atom. The summed E-state index contributed by atoms with van der Waals surface area (Å²) in [6.45, 7) is 5.84. The van der Waals surface area contributed by atoms with Crippen molar-refractivity contribution < 1.29 is 9.53 Å². The van der Waals surface area contributed by atoms with Crippen LogP contribution in [0.5, 0.6) is 5.75 Å². The monoisotopic (exact) mass is 260 g/mol. The van der Waals surface area contributed by atoms with Gasteiger partial charge in [-0.2, -0.15) is 0 Å². The van der Waals surface area contributed by atoms with Crippen molar-refractivity contribution in [2.24, 2.45) is 11.8 Å². The summed E-state index contributed by atoms with van der Waals surface area (Å²) >= 11 is 0. The third kappa shape index (κ3) is 2.21. The lowest BCUT2D eigenvalue weighted by atomic mass is 10.0. The Labute approximate surface area is 113 Å². The smallest absolute Gasteiger partial charge is 0.254 e. The highest BCUT2D eigenvalue weighted by atomic mass is 16.5. The van der Waals surface area contributed by atoms with E-state index in [0.717, 1.165) is 43.1 Å². The summed E-state index contributed by atoms with van der Waals surface area (Å²) in [4.78, 5) is 14.5. The van der Waals surface area contributed by atoms with E-state index >= 15 is 0 Å². The van der Waals surface area contributed by atoms with Crippen LogP contribution in [0.3, 0.4) is 0 Å². The molecule has 2 saturated heterocycles. The largest absolute Gasteiger partial charge is 0.496 e. The second-order valence-electron chi connectivity index (χ2n) is 5.57. The van der Waals surface area contributed by atoms with E-state index in [0.29, 0.717) is 11.8 Å². The molecule has 0 radical (unpaired) electrons. The molecule has 2 aliphatic rings. The Kier molecular flexibility index (Phi) is 3.19. The molecule has 0 aromatic heterocycles. The van der Waals surface area contributed by atoms with Crippen molar-refractivity contribution >= 4 is 5.91 Å². The van der Waals surface area contributed by atoms with Crippen LogP contribution in [0.25, 0.3) is 0 Å². The van der Waals surface area contributed by atoms with Crippen LogP contribution in [0.2, 0.25) is 0 Å². The van der Waals surface area contributed by atoms with E-state index in [4.69, 9.17) is 4.74 Å². The van der Waals surface area contributed by atoms with Crippen LogP contribution in [0, 0.1) is 18.8 Å². The summed E-state index contributed by atoms with van der Waals surface area (Å²) in [6.07, 6.45) is 0. The van der Waals surface area contributed by atoms with Gasteiger partial charge in [0.1, 0.15) is 5.75 Å². The molecule has 1 aromatic rings. The van der Waals surface area contributed by atoms with Gasteiger partial charge >= 0.3 is 0 Å². The summed E-state index contributed by atoms with van der Waals surface area (Å²) < 4.78 is 5.29. The number of rotatable bonds is 2. The predicted octanol–water partition coefficient (Wildman–Crippen LogP) is 1.30. The lowest BCUT2D eigenvalue weighted by Crippen LogP contribution is -2.31. The molecule has 0 saturated carbocycles. The van der Waals surface area contributed by atoms with Crippen LogP contribution < -0.4 is 10.1 Å². The van der Waals surface area contributed by atoms with E-state index in [1.54, 1.807) is 7.11 Å². The SMILES string of the molecule is COc1cc(C(=O)N2CC3CNCC3C2)ccc1C. The van der Waals surface area contributed by atoms with Crippen LogP contribution in [0.15, 0.2) is 18.2 Å². The topological polar surface area (TPSA) is 41.6 Å². The maximum atomic E-state index is 12.5. The second kappa shape index (κ2) is 4.85. The fourth-order valence-corrected chi connectivity index (χ4v) is 3.16. The maximum Gasteiger partial charge on any atom is 0.254 e. The first kappa shape index (κ1) is 12.5. The Balaban J connectivity index is 1.77. The van der Waals surface area contributed by atoms with Crippen molar-refractivity contribution in [1.29, 1.82) is 0 Å². The van der Waals surface area contributed by atoms with E-state index in [-0.39, 0.29) is 5.91 Å². The molecule has 2 unspecified atom stereocenters. The molecule has 2 atom stereocenters. The zero-order chi connectivity index (χ0) is 13.4. The first-order chi connectivity index (χ1) is 9.19. The molecular formula is C15H20N2O2. The van der Waals surface area contributed by atoms with Gasteiger partial charge in [-0.05, 0) is 36.5 Å². The molecule has 19 heavy (non-hydrogen) atoms. The van der Waals surface area contributed by atoms with Crippen molar-refractivity contribution in [1.82, 2.24) is 10.2 Å². The van der Waals surface area contributed by atoms with E-state index < -0.39 is 0 Å². The van der Waals surface area contributed by atoms with Crippen molar-refractivity contribution in [3.63, 3.8) is 0 Å². The Morgan fingerprint density at radius 3 is 2.63 bits per heavy atom. The number of hydrogen-bond acceptors (Lipinski definition) is 3. The quantitative estimate of drug-likeness (QED) is 0.871. The first-order valence-electron chi connectivity index (χ1n) is 6.83. The number of carbonyl (C=O) groups excluding carboxylic acids is 1. The van der Waals surface area contributed by atoms with Crippen LogP contribution in [-0.4, -0.2) is 44.1 Å². The molecule has 0 spiro atoms. The number of hydrogen-bond donors (Lipinski definition) is 1. The number of methoxy groups -OCH3 is 1. The van der Waals surface area contributed by atoms with Gasteiger partial charge < -0.3 is 15.0 Å². The highest BCUT2D eigenvalue weighted by Gasteiger charge is 2.38. The maximum absolute atomic E-state index is 12.5. The van der Waals surface area contributed by atoms with Gasteiger partial charge in [-0.3, -0.25) is 4.79 Å². The minimum absolute atomic E-state index is 0.132. The average Bonchev–Trinajstić information content (AvgIpc) is 2.99. The molecule has 0 bridgehead atoms. The first-order valence-corrected chi connectivity index (χ1v) is 6.83. The molecule has 3 rings (SSSR count). The Bertz CT molecular complexity index is 489. The fraction of sp³-hybridized carbons (Fsp3) is 0.533. The zero-order valence-corrected chi connectivity index (χ0v) is 11.5. The van der Waals surface area contributed by atoms with Crippen molar-refractivity contribution in [3.8, 4) is 5.75 Å².